The molecule has 86 valence electrons. The molecule has 2 rings (SSSR count). The van der Waals surface area contributed by atoms with Gasteiger partial charge in [-0.2, -0.15) is 0 Å². The SMILES string of the molecule is CC1CCCN1c1ccc(C(N)=S)cc1Br. The lowest BCUT2D eigenvalue weighted by Crippen LogP contribution is -2.26. The van der Waals surface area contributed by atoms with Gasteiger partial charge in [0.1, 0.15) is 4.99 Å². The van der Waals surface area contributed by atoms with E-state index in [4.69, 9.17) is 18.0 Å². The Bertz CT molecular complexity index is 419. The van der Waals surface area contributed by atoms with Crippen molar-refractivity contribution in [3.63, 3.8) is 0 Å². The summed E-state index contributed by atoms with van der Waals surface area (Å²) in [4.78, 5) is 2.87. The van der Waals surface area contributed by atoms with Crippen molar-refractivity contribution in [3.05, 3.63) is 28.2 Å². The average Bonchev–Trinajstić information content (AvgIpc) is 2.64. The molecule has 0 bridgehead atoms. The summed E-state index contributed by atoms with van der Waals surface area (Å²) in [6, 6.07) is 6.71. The predicted molar refractivity (Wildman–Crippen MR) is 76.1 cm³/mol. The first-order valence-electron chi connectivity index (χ1n) is 5.45. The van der Waals surface area contributed by atoms with Crippen LogP contribution in [0.2, 0.25) is 0 Å². The lowest BCUT2D eigenvalue weighted by molar-refractivity contribution is 0.734. The Hall–Kier alpha value is -0.610. The smallest absolute Gasteiger partial charge is 0.104 e. The summed E-state index contributed by atoms with van der Waals surface area (Å²) in [5.74, 6) is 0. The van der Waals surface area contributed by atoms with E-state index in [9.17, 15) is 0 Å². The van der Waals surface area contributed by atoms with Gasteiger partial charge in [-0.05, 0) is 53.9 Å². The lowest BCUT2D eigenvalue weighted by atomic mass is 10.2. The Labute approximate surface area is 110 Å². The molecule has 2 N–H and O–H groups in total. The monoisotopic (exact) mass is 298 g/mol. The maximum atomic E-state index is 5.61. The highest BCUT2D eigenvalue weighted by Gasteiger charge is 2.22. The Kier molecular flexibility index (Phi) is 3.50. The molecule has 1 unspecified atom stereocenters. The normalized spacial score (nSPS) is 20.1. The highest BCUT2D eigenvalue weighted by Crippen LogP contribution is 2.32. The maximum Gasteiger partial charge on any atom is 0.104 e. The first-order chi connectivity index (χ1) is 7.59. The highest BCUT2D eigenvalue weighted by molar-refractivity contribution is 9.10. The van der Waals surface area contributed by atoms with E-state index >= 15 is 0 Å². The van der Waals surface area contributed by atoms with E-state index in [0.717, 1.165) is 16.6 Å². The zero-order valence-electron chi connectivity index (χ0n) is 9.24. The number of nitrogens with zero attached hydrogens (tertiary/aromatic N) is 1. The first kappa shape index (κ1) is 11.9. The van der Waals surface area contributed by atoms with E-state index in [2.05, 4.69) is 33.8 Å². The quantitative estimate of drug-likeness (QED) is 0.851. The van der Waals surface area contributed by atoms with Gasteiger partial charge in [0.05, 0.1) is 5.69 Å². The summed E-state index contributed by atoms with van der Waals surface area (Å²) in [5, 5.41) is 0. The van der Waals surface area contributed by atoms with Crippen LogP contribution in [0.1, 0.15) is 25.3 Å². The van der Waals surface area contributed by atoms with Crippen molar-refractivity contribution in [3.8, 4) is 0 Å². The molecule has 0 saturated carbocycles. The molecule has 0 amide bonds. The molecular formula is C12H15BrN2S. The van der Waals surface area contributed by atoms with Crippen molar-refractivity contribution >= 4 is 38.8 Å². The summed E-state index contributed by atoms with van der Waals surface area (Å²) in [6.07, 6.45) is 2.54. The van der Waals surface area contributed by atoms with Crippen molar-refractivity contribution in [2.24, 2.45) is 5.73 Å². The van der Waals surface area contributed by atoms with Gasteiger partial charge in [-0.25, -0.2) is 0 Å². The van der Waals surface area contributed by atoms with E-state index < -0.39 is 0 Å². The molecule has 0 spiro atoms. The number of benzene rings is 1. The topological polar surface area (TPSA) is 29.3 Å². The van der Waals surface area contributed by atoms with Crippen LogP contribution in [0.4, 0.5) is 5.69 Å². The zero-order chi connectivity index (χ0) is 11.7. The predicted octanol–water partition coefficient (Wildman–Crippen LogP) is 3.07. The third-order valence-electron chi connectivity index (χ3n) is 3.09. The van der Waals surface area contributed by atoms with Crippen molar-refractivity contribution in [2.45, 2.75) is 25.8 Å². The second kappa shape index (κ2) is 4.72. The van der Waals surface area contributed by atoms with Gasteiger partial charge in [-0.1, -0.05) is 12.2 Å². The van der Waals surface area contributed by atoms with Crippen LogP contribution in [0.25, 0.3) is 0 Å². The number of halogens is 1. The molecule has 1 heterocycles. The molecule has 16 heavy (non-hydrogen) atoms. The third kappa shape index (κ3) is 2.23. The number of thiocarbonyl (C=S) groups is 1. The number of anilines is 1. The Morgan fingerprint density at radius 2 is 2.31 bits per heavy atom. The van der Waals surface area contributed by atoms with Crippen molar-refractivity contribution in [2.75, 3.05) is 11.4 Å². The van der Waals surface area contributed by atoms with Crippen molar-refractivity contribution in [1.82, 2.24) is 0 Å². The maximum absolute atomic E-state index is 5.61. The van der Waals surface area contributed by atoms with Gasteiger partial charge in [-0.3, -0.25) is 0 Å². The average molecular weight is 299 g/mol. The number of hydrogen-bond acceptors (Lipinski definition) is 2. The van der Waals surface area contributed by atoms with Crippen molar-refractivity contribution in [1.29, 1.82) is 0 Å². The molecule has 1 aliphatic rings. The van der Waals surface area contributed by atoms with E-state index in [-0.39, 0.29) is 0 Å². The van der Waals surface area contributed by atoms with E-state index in [1.54, 1.807) is 0 Å². The summed E-state index contributed by atoms with van der Waals surface area (Å²) in [7, 11) is 0. The molecule has 0 aliphatic carbocycles. The number of hydrogen-bond donors (Lipinski definition) is 1. The van der Waals surface area contributed by atoms with Crippen LogP contribution < -0.4 is 10.6 Å². The van der Waals surface area contributed by atoms with Crippen LogP contribution in [0.5, 0.6) is 0 Å². The van der Waals surface area contributed by atoms with Gasteiger partial charge >= 0.3 is 0 Å². The van der Waals surface area contributed by atoms with Crippen molar-refractivity contribution < 1.29 is 0 Å². The molecule has 4 heteroatoms. The fourth-order valence-corrected chi connectivity index (χ4v) is 2.92. The van der Waals surface area contributed by atoms with Gasteiger partial charge < -0.3 is 10.6 Å². The van der Waals surface area contributed by atoms with Crippen LogP contribution in [-0.2, 0) is 0 Å². The molecule has 1 aliphatic heterocycles. The second-order valence-corrected chi connectivity index (χ2v) is 5.51. The number of nitrogens with two attached hydrogens (primary N) is 1. The molecule has 1 aromatic carbocycles. The molecule has 1 fully saturated rings. The Morgan fingerprint density at radius 3 is 2.81 bits per heavy atom. The molecule has 1 atom stereocenters. The van der Waals surface area contributed by atoms with Crippen LogP contribution in [-0.4, -0.2) is 17.6 Å². The van der Waals surface area contributed by atoms with E-state index in [0.29, 0.717) is 11.0 Å². The molecule has 2 nitrogen and oxygen atoms in total. The van der Waals surface area contributed by atoms with E-state index in [1.165, 1.54) is 18.5 Å². The van der Waals surface area contributed by atoms with Gasteiger partial charge in [0.2, 0.25) is 0 Å². The fourth-order valence-electron chi connectivity index (χ4n) is 2.18. The third-order valence-corrected chi connectivity index (χ3v) is 3.97. The lowest BCUT2D eigenvalue weighted by Gasteiger charge is -2.25. The van der Waals surface area contributed by atoms with Crippen LogP contribution in [0.15, 0.2) is 22.7 Å². The second-order valence-electron chi connectivity index (χ2n) is 4.22. The Balaban J connectivity index is 2.32. The summed E-state index contributed by atoms with van der Waals surface area (Å²) < 4.78 is 1.08. The minimum Gasteiger partial charge on any atom is -0.389 e. The Morgan fingerprint density at radius 1 is 1.56 bits per heavy atom. The summed E-state index contributed by atoms with van der Waals surface area (Å²) >= 11 is 8.56. The summed E-state index contributed by atoms with van der Waals surface area (Å²) in [5.41, 5.74) is 7.77. The van der Waals surface area contributed by atoms with E-state index in [1.807, 2.05) is 12.1 Å². The minimum absolute atomic E-state index is 0.446. The molecule has 0 radical (unpaired) electrons. The van der Waals surface area contributed by atoms with Gasteiger partial charge in [0, 0.05) is 22.6 Å². The molecule has 0 aromatic heterocycles. The molecule has 1 aromatic rings. The van der Waals surface area contributed by atoms with Crippen LogP contribution in [0, 0.1) is 0 Å². The van der Waals surface area contributed by atoms with Gasteiger partial charge in [-0.15, -0.1) is 0 Å². The summed E-state index contributed by atoms with van der Waals surface area (Å²) in [6.45, 7) is 3.40. The van der Waals surface area contributed by atoms with Gasteiger partial charge in [0.25, 0.3) is 0 Å². The zero-order valence-corrected chi connectivity index (χ0v) is 11.6. The highest BCUT2D eigenvalue weighted by atomic mass is 79.9. The molecular weight excluding hydrogens is 284 g/mol. The minimum atomic E-state index is 0.446. The fraction of sp³-hybridized carbons (Fsp3) is 0.417. The number of rotatable bonds is 2. The standard InChI is InChI=1S/C12H15BrN2S/c1-8-3-2-6-15(8)11-5-4-9(12(14)16)7-10(11)13/h4-5,7-8H,2-3,6H2,1H3,(H2,14,16). The largest absolute Gasteiger partial charge is 0.389 e. The molecule has 1 saturated heterocycles. The van der Waals surface area contributed by atoms with Crippen LogP contribution >= 0.6 is 28.1 Å². The van der Waals surface area contributed by atoms with Gasteiger partial charge in [0.15, 0.2) is 0 Å². The van der Waals surface area contributed by atoms with Crippen LogP contribution in [0.3, 0.4) is 0 Å². The first-order valence-corrected chi connectivity index (χ1v) is 6.65.